The maximum Gasteiger partial charge on any atom is 0.335 e. The van der Waals surface area contributed by atoms with Crippen molar-refractivity contribution < 1.29 is 23.6 Å². The fraction of sp³-hybridized carbons (Fsp3) is 0.333. The molecule has 0 saturated heterocycles. The number of esters is 1. The fourth-order valence-corrected chi connectivity index (χ4v) is 2.33. The van der Waals surface area contributed by atoms with Gasteiger partial charge in [-0.05, 0) is 24.6 Å². The Kier molecular flexibility index (Phi) is 5.51. The van der Waals surface area contributed by atoms with E-state index in [4.69, 9.17) is 9.84 Å². The number of carbonyl (C=O) groups excluding carboxylic acids is 1. The van der Waals surface area contributed by atoms with Crippen LogP contribution >= 0.6 is 0 Å². The largest absolute Gasteiger partial charge is 0.478 e. The monoisotopic (exact) mass is 270 g/mol. The van der Waals surface area contributed by atoms with E-state index in [1.807, 2.05) is 0 Å². The van der Waals surface area contributed by atoms with Crippen molar-refractivity contribution in [2.45, 2.75) is 12.7 Å². The molecule has 98 valence electrons. The Labute approximate surface area is 107 Å². The fourth-order valence-electron chi connectivity index (χ4n) is 1.31. The number of carboxylic acid groups (broad SMARTS) is 1. The van der Waals surface area contributed by atoms with E-state index in [9.17, 15) is 13.8 Å². The van der Waals surface area contributed by atoms with Gasteiger partial charge in [0.15, 0.2) is 0 Å². The van der Waals surface area contributed by atoms with Crippen molar-refractivity contribution in [1.29, 1.82) is 0 Å². The van der Waals surface area contributed by atoms with Crippen molar-refractivity contribution in [3.8, 4) is 0 Å². The zero-order valence-electron chi connectivity index (χ0n) is 9.92. The van der Waals surface area contributed by atoms with Crippen LogP contribution in [0.4, 0.5) is 0 Å². The first-order chi connectivity index (χ1) is 8.52. The number of carbonyl (C=O) groups is 2. The highest BCUT2D eigenvalue weighted by Gasteiger charge is 2.10. The van der Waals surface area contributed by atoms with E-state index in [1.54, 1.807) is 19.1 Å². The SMILES string of the molecule is CCOC(=O)CS(=O)Cc1ccc(C(=O)O)cc1. The summed E-state index contributed by atoms with van der Waals surface area (Å²) < 4.78 is 16.3. The van der Waals surface area contributed by atoms with Gasteiger partial charge in [0.05, 0.1) is 12.2 Å². The van der Waals surface area contributed by atoms with E-state index in [2.05, 4.69) is 0 Å². The molecule has 0 heterocycles. The zero-order chi connectivity index (χ0) is 13.5. The average molecular weight is 270 g/mol. The number of hydrogen-bond donors (Lipinski definition) is 1. The topological polar surface area (TPSA) is 80.7 Å². The van der Waals surface area contributed by atoms with Gasteiger partial charge in [-0.3, -0.25) is 9.00 Å². The van der Waals surface area contributed by atoms with E-state index >= 15 is 0 Å². The summed E-state index contributed by atoms with van der Waals surface area (Å²) >= 11 is 0. The van der Waals surface area contributed by atoms with Crippen molar-refractivity contribution >= 4 is 22.7 Å². The molecule has 1 atom stereocenters. The van der Waals surface area contributed by atoms with Gasteiger partial charge in [0.1, 0.15) is 5.75 Å². The minimum Gasteiger partial charge on any atom is -0.478 e. The van der Waals surface area contributed by atoms with Crippen LogP contribution in [-0.4, -0.2) is 33.6 Å². The first-order valence-corrected chi connectivity index (χ1v) is 6.84. The van der Waals surface area contributed by atoms with Gasteiger partial charge >= 0.3 is 11.9 Å². The van der Waals surface area contributed by atoms with Crippen molar-refractivity contribution in [3.63, 3.8) is 0 Å². The van der Waals surface area contributed by atoms with Crippen LogP contribution < -0.4 is 0 Å². The third-order valence-electron chi connectivity index (χ3n) is 2.11. The van der Waals surface area contributed by atoms with Crippen LogP contribution in [0.25, 0.3) is 0 Å². The van der Waals surface area contributed by atoms with Crippen molar-refractivity contribution in [1.82, 2.24) is 0 Å². The van der Waals surface area contributed by atoms with Gasteiger partial charge in [-0.25, -0.2) is 4.79 Å². The highest BCUT2D eigenvalue weighted by atomic mass is 32.2. The molecule has 0 fully saturated rings. The number of aromatic carboxylic acids is 1. The molecule has 6 heteroatoms. The first kappa shape index (κ1) is 14.4. The summed E-state index contributed by atoms with van der Waals surface area (Å²) in [6.07, 6.45) is 0. The van der Waals surface area contributed by atoms with Crippen LogP contribution in [0, 0.1) is 0 Å². The second-order valence-corrected chi connectivity index (χ2v) is 4.99. The lowest BCUT2D eigenvalue weighted by molar-refractivity contribution is -0.139. The predicted molar refractivity (Wildman–Crippen MR) is 66.7 cm³/mol. The van der Waals surface area contributed by atoms with Crippen LogP contribution in [0.15, 0.2) is 24.3 Å². The quantitative estimate of drug-likeness (QED) is 0.785. The maximum atomic E-state index is 11.6. The molecular weight excluding hydrogens is 256 g/mol. The van der Waals surface area contributed by atoms with Gasteiger partial charge < -0.3 is 9.84 Å². The summed E-state index contributed by atoms with van der Waals surface area (Å²) in [5.41, 5.74) is 0.901. The van der Waals surface area contributed by atoms with Gasteiger partial charge in [-0.2, -0.15) is 0 Å². The Bertz CT molecular complexity index is 452. The lowest BCUT2D eigenvalue weighted by Crippen LogP contribution is -2.15. The number of hydrogen-bond acceptors (Lipinski definition) is 4. The molecule has 1 rings (SSSR count). The minimum absolute atomic E-state index is 0.144. The van der Waals surface area contributed by atoms with E-state index in [0.29, 0.717) is 0 Å². The summed E-state index contributed by atoms with van der Waals surface area (Å²) in [7, 11) is -1.34. The summed E-state index contributed by atoms with van der Waals surface area (Å²) in [5.74, 6) is -1.43. The molecule has 0 aliphatic rings. The van der Waals surface area contributed by atoms with Crippen LogP contribution in [0.5, 0.6) is 0 Å². The van der Waals surface area contributed by atoms with Crippen LogP contribution in [-0.2, 0) is 26.1 Å². The predicted octanol–water partition coefficient (Wildman–Crippen LogP) is 1.20. The molecule has 1 aromatic rings. The molecule has 1 N–H and O–H groups in total. The standard InChI is InChI=1S/C12H14O5S/c1-2-17-11(13)8-18(16)7-9-3-5-10(6-4-9)12(14)15/h3-6H,2,7-8H2,1H3,(H,14,15). The summed E-state index contributed by atoms with van der Waals surface area (Å²) in [4.78, 5) is 21.7. The molecule has 0 bridgehead atoms. The molecule has 1 unspecified atom stereocenters. The first-order valence-electron chi connectivity index (χ1n) is 5.35. The van der Waals surface area contributed by atoms with Crippen molar-refractivity contribution in [3.05, 3.63) is 35.4 Å². The molecule has 0 aliphatic heterocycles. The Hall–Kier alpha value is -1.69. The average Bonchev–Trinajstić information content (AvgIpc) is 2.29. The van der Waals surface area contributed by atoms with E-state index in [0.717, 1.165) is 5.56 Å². The minimum atomic E-state index is -1.34. The second kappa shape index (κ2) is 6.90. The van der Waals surface area contributed by atoms with Gasteiger partial charge in [0, 0.05) is 16.6 Å². The van der Waals surface area contributed by atoms with Crippen LogP contribution in [0.3, 0.4) is 0 Å². The summed E-state index contributed by atoms with van der Waals surface area (Å²) in [5, 5.41) is 8.71. The molecule has 0 aromatic heterocycles. The van der Waals surface area contributed by atoms with E-state index in [1.165, 1.54) is 12.1 Å². The van der Waals surface area contributed by atoms with Gasteiger partial charge in [-0.1, -0.05) is 12.1 Å². The highest BCUT2D eigenvalue weighted by molar-refractivity contribution is 7.84. The Morgan fingerprint density at radius 1 is 1.28 bits per heavy atom. The number of rotatable bonds is 6. The van der Waals surface area contributed by atoms with Crippen LogP contribution in [0.1, 0.15) is 22.8 Å². The van der Waals surface area contributed by atoms with Crippen molar-refractivity contribution in [2.24, 2.45) is 0 Å². The van der Waals surface area contributed by atoms with E-state index < -0.39 is 22.7 Å². The smallest absolute Gasteiger partial charge is 0.335 e. The Balaban J connectivity index is 2.54. The molecule has 0 radical (unpaired) electrons. The lowest BCUT2D eigenvalue weighted by atomic mass is 10.1. The number of ether oxygens (including phenoxy) is 1. The maximum absolute atomic E-state index is 11.6. The van der Waals surface area contributed by atoms with Gasteiger partial charge in [0.25, 0.3) is 0 Å². The second-order valence-electron chi connectivity index (χ2n) is 3.54. The zero-order valence-corrected chi connectivity index (χ0v) is 10.7. The third kappa shape index (κ3) is 4.67. The molecule has 1 aromatic carbocycles. The molecule has 0 spiro atoms. The normalized spacial score (nSPS) is 11.8. The molecule has 0 aliphatic carbocycles. The molecule has 0 amide bonds. The summed E-state index contributed by atoms with van der Waals surface area (Å²) in [6, 6.07) is 6.07. The highest BCUT2D eigenvalue weighted by Crippen LogP contribution is 2.07. The van der Waals surface area contributed by atoms with E-state index in [-0.39, 0.29) is 23.7 Å². The molecular formula is C12H14O5S. The van der Waals surface area contributed by atoms with Crippen molar-refractivity contribution in [2.75, 3.05) is 12.4 Å². The van der Waals surface area contributed by atoms with Gasteiger partial charge in [-0.15, -0.1) is 0 Å². The van der Waals surface area contributed by atoms with Crippen LogP contribution in [0.2, 0.25) is 0 Å². The number of benzene rings is 1. The molecule has 18 heavy (non-hydrogen) atoms. The Morgan fingerprint density at radius 3 is 2.39 bits per heavy atom. The Morgan fingerprint density at radius 2 is 1.89 bits per heavy atom. The molecule has 5 nitrogen and oxygen atoms in total. The van der Waals surface area contributed by atoms with Gasteiger partial charge in [0.2, 0.25) is 0 Å². The third-order valence-corrected chi connectivity index (χ3v) is 3.33. The molecule has 0 saturated carbocycles. The summed E-state index contributed by atoms with van der Waals surface area (Å²) in [6.45, 7) is 1.95. The number of carboxylic acids is 1. The lowest BCUT2D eigenvalue weighted by Gasteiger charge is -2.03.